The molecule has 0 aliphatic carbocycles. The molecule has 0 spiro atoms. The number of amides is 1. The molecule has 0 saturated carbocycles. The van der Waals surface area contributed by atoms with Crippen molar-refractivity contribution >= 4 is 50.0 Å². The number of nitrogens with zero attached hydrogens (tertiary/aromatic N) is 2. The van der Waals surface area contributed by atoms with Gasteiger partial charge in [-0.1, -0.05) is 57.5 Å². The van der Waals surface area contributed by atoms with Crippen LogP contribution in [0.15, 0.2) is 63.0 Å². The largest absolute Gasteiger partial charge is 0.325 e. The van der Waals surface area contributed by atoms with Crippen molar-refractivity contribution in [1.82, 2.24) is 0 Å². The highest BCUT2D eigenvalue weighted by Gasteiger charge is 2.28. The molecule has 3 rings (SSSR count). The maximum absolute atomic E-state index is 12.3. The molecule has 4 nitrogen and oxygen atoms in total. The Kier molecular flexibility index (Phi) is 5.63. The summed E-state index contributed by atoms with van der Waals surface area (Å²) in [6.07, 6.45) is 0. The molecule has 0 bridgehead atoms. The molecule has 2 aromatic carbocycles. The van der Waals surface area contributed by atoms with Gasteiger partial charge in [0.15, 0.2) is 0 Å². The standard InChI is InChI=1S/C20H20BrN3OS/c1-13-4-10-16(11-5-13)22-17(25)12-26-19-18(23-20(2,3)24-19)14-6-8-15(21)9-7-14/h4-11H,12H2,1-3H3,(H,22,25). The Morgan fingerprint density at radius 3 is 2.38 bits per heavy atom. The number of hydrogen-bond acceptors (Lipinski definition) is 4. The maximum atomic E-state index is 12.3. The molecule has 0 saturated heterocycles. The number of benzene rings is 2. The van der Waals surface area contributed by atoms with Crippen LogP contribution in [0, 0.1) is 6.92 Å². The van der Waals surface area contributed by atoms with Gasteiger partial charge in [0.25, 0.3) is 0 Å². The number of aliphatic imine (C=N–C) groups is 2. The fourth-order valence-electron chi connectivity index (χ4n) is 2.51. The van der Waals surface area contributed by atoms with Gasteiger partial charge >= 0.3 is 0 Å². The first-order chi connectivity index (χ1) is 12.3. The first-order valence-corrected chi connectivity index (χ1v) is 10.1. The molecule has 1 N–H and O–H groups in total. The summed E-state index contributed by atoms with van der Waals surface area (Å²) < 4.78 is 1.02. The first kappa shape index (κ1) is 18.9. The van der Waals surface area contributed by atoms with E-state index in [1.807, 2.05) is 69.3 Å². The van der Waals surface area contributed by atoms with Crippen molar-refractivity contribution in [3.8, 4) is 0 Å². The summed E-state index contributed by atoms with van der Waals surface area (Å²) in [4.78, 5) is 21.7. The third-order valence-corrected chi connectivity index (χ3v) is 5.25. The normalized spacial score (nSPS) is 15.4. The minimum absolute atomic E-state index is 0.0542. The average molecular weight is 430 g/mol. The van der Waals surface area contributed by atoms with Crippen molar-refractivity contribution in [3.63, 3.8) is 0 Å². The van der Waals surface area contributed by atoms with E-state index in [-0.39, 0.29) is 5.91 Å². The molecule has 0 unspecified atom stereocenters. The lowest BCUT2D eigenvalue weighted by atomic mass is 10.1. The van der Waals surface area contributed by atoms with Gasteiger partial charge in [-0.3, -0.25) is 9.79 Å². The number of thioether (sulfide) groups is 1. The van der Waals surface area contributed by atoms with Gasteiger partial charge in [0, 0.05) is 15.7 Å². The van der Waals surface area contributed by atoms with E-state index < -0.39 is 5.66 Å². The molecular weight excluding hydrogens is 410 g/mol. The van der Waals surface area contributed by atoms with E-state index in [9.17, 15) is 4.79 Å². The number of rotatable bonds is 4. The van der Waals surface area contributed by atoms with Crippen LogP contribution in [0.25, 0.3) is 0 Å². The van der Waals surface area contributed by atoms with E-state index in [1.165, 1.54) is 11.8 Å². The first-order valence-electron chi connectivity index (χ1n) is 8.28. The molecule has 1 amide bonds. The number of hydrogen-bond donors (Lipinski definition) is 1. The predicted octanol–water partition coefficient (Wildman–Crippen LogP) is 5.07. The summed E-state index contributed by atoms with van der Waals surface area (Å²) in [5.74, 6) is 0.236. The van der Waals surface area contributed by atoms with E-state index in [4.69, 9.17) is 4.99 Å². The fourth-order valence-corrected chi connectivity index (χ4v) is 3.70. The molecule has 0 radical (unpaired) electrons. The SMILES string of the molecule is Cc1ccc(NC(=O)CSC2=NC(C)(C)N=C2c2ccc(Br)cc2)cc1. The highest BCUT2D eigenvalue weighted by molar-refractivity contribution is 9.10. The van der Waals surface area contributed by atoms with Crippen LogP contribution in [0.5, 0.6) is 0 Å². The lowest BCUT2D eigenvalue weighted by molar-refractivity contribution is -0.113. The number of carbonyl (C=O) groups is 1. The van der Waals surface area contributed by atoms with E-state index in [0.29, 0.717) is 5.75 Å². The number of carbonyl (C=O) groups excluding carboxylic acids is 1. The Morgan fingerprint density at radius 2 is 1.73 bits per heavy atom. The van der Waals surface area contributed by atoms with Gasteiger partial charge in [0.1, 0.15) is 10.7 Å². The Bertz CT molecular complexity index is 871. The van der Waals surface area contributed by atoms with Crippen LogP contribution in [0.3, 0.4) is 0 Å². The highest BCUT2D eigenvalue weighted by Crippen LogP contribution is 2.27. The van der Waals surface area contributed by atoms with Crippen molar-refractivity contribution in [1.29, 1.82) is 0 Å². The molecule has 0 atom stereocenters. The van der Waals surface area contributed by atoms with Gasteiger partial charge in [-0.15, -0.1) is 0 Å². The van der Waals surface area contributed by atoms with Gasteiger partial charge in [0.2, 0.25) is 5.91 Å². The number of nitrogens with one attached hydrogen (secondary N) is 1. The van der Waals surface area contributed by atoms with Gasteiger partial charge in [0.05, 0.1) is 11.5 Å². The van der Waals surface area contributed by atoms with Crippen molar-refractivity contribution in [2.75, 3.05) is 11.1 Å². The Balaban J connectivity index is 1.67. The third-order valence-electron chi connectivity index (χ3n) is 3.76. The zero-order chi connectivity index (χ0) is 18.7. The molecule has 6 heteroatoms. The van der Waals surface area contributed by atoms with E-state index in [2.05, 4.69) is 26.2 Å². The molecule has 134 valence electrons. The van der Waals surface area contributed by atoms with Crippen LogP contribution < -0.4 is 5.32 Å². The monoisotopic (exact) mass is 429 g/mol. The molecular formula is C20H20BrN3OS. The Hall–Kier alpha value is -1.92. The van der Waals surface area contributed by atoms with Gasteiger partial charge in [-0.05, 0) is 45.0 Å². The van der Waals surface area contributed by atoms with Crippen LogP contribution in [-0.4, -0.2) is 28.1 Å². The van der Waals surface area contributed by atoms with Crippen LogP contribution in [0.1, 0.15) is 25.0 Å². The van der Waals surface area contributed by atoms with Crippen molar-refractivity contribution in [2.24, 2.45) is 9.98 Å². The molecule has 26 heavy (non-hydrogen) atoms. The second kappa shape index (κ2) is 7.76. The van der Waals surface area contributed by atoms with Crippen molar-refractivity contribution in [3.05, 3.63) is 64.1 Å². The number of anilines is 1. The molecule has 1 aliphatic heterocycles. The zero-order valence-corrected chi connectivity index (χ0v) is 17.3. The topological polar surface area (TPSA) is 53.8 Å². The minimum atomic E-state index is -0.502. The lowest BCUT2D eigenvalue weighted by Gasteiger charge is -2.07. The molecule has 0 aromatic heterocycles. The van der Waals surface area contributed by atoms with Crippen LogP contribution in [0.4, 0.5) is 5.69 Å². The smallest absolute Gasteiger partial charge is 0.234 e. The lowest BCUT2D eigenvalue weighted by Crippen LogP contribution is -2.17. The molecule has 0 fully saturated rings. The van der Waals surface area contributed by atoms with Gasteiger partial charge in [-0.25, -0.2) is 4.99 Å². The molecule has 1 heterocycles. The summed E-state index contributed by atoms with van der Waals surface area (Å²) in [6.45, 7) is 5.95. The quantitative estimate of drug-likeness (QED) is 0.737. The third kappa shape index (κ3) is 4.83. The van der Waals surface area contributed by atoms with Crippen LogP contribution >= 0.6 is 27.7 Å². The summed E-state index contributed by atoms with van der Waals surface area (Å²) in [5.41, 5.74) is 3.31. The van der Waals surface area contributed by atoms with Gasteiger partial charge < -0.3 is 5.32 Å². The Morgan fingerprint density at radius 1 is 1.08 bits per heavy atom. The van der Waals surface area contributed by atoms with Crippen molar-refractivity contribution in [2.45, 2.75) is 26.4 Å². The average Bonchev–Trinajstić information content (AvgIpc) is 2.91. The summed E-state index contributed by atoms with van der Waals surface area (Å²) in [7, 11) is 0. The highest BCUT2D eigenvalue weighted by atomic mass is 79.9. The van der Waals surface area contributed by atoms with E-state index in [0.717, 1.165) is 32.0 Å². The molecule has 1 aliphatic rings. The van der Waals surface area contributed by atoms with E-state index in [1.54, 1.807) is 0 Å². The van der Waals surface area contributed by atoms with Gasteiger partial charge in [-0.2, -0.15) is 0 Å². The summed E-state index contributed by atoms with van der Waals surface area (Å²) >= 11 is 4.87. The Labute approximate surface area is 166 Å². The second-order valence-corrected chi connectivity index (χ2v) is 8.46. The van der Waals surface area contributed by atoms with Crippen LogP contribution in [0.2, 0.25) is 0 Å². The van der Waals surface area contributed by atoms with Crippen molar-refractivity contribution < 1.29 is 4.79 Å². The number of halogens is 1. The zero-order valence-electron chi connectivity index (χ0n) is 14.9. The predicted molar refractivity (Wildman–Crippen MR) is 114 cm³/mol. The van der Waals surface area contributed by atoms with E-state index >= 15 is 0 Å². The maximum Gasteiger partial charge on any atom is 0.234 e. The molecule has 2 aromatic rings. The van der Waals surface area contributed by atoms with Crippen LogP contribution in [-0.2, 0) is 4.79 Å². The second-order valence-electron chi connectivity index (χ2n) is 6.58. The fraction of sp³-hybridized carbons (Fsp3) is 0.250. The number of aryl methyl sites for hydroxylation is 1. The summed E-state index contributed by atoms with van der Waals surface area (Å²) in [5, 5.41) is 3.72. The summed E-state index contributed by atoms with van der Waals surface area (Å²) in [6, 6.07) is 15.7. The minimum Gasteiger partial charge on any atom is -0.325 e.